The third kappa shape index (κ3) is 5.13. The number of ether oxygens (including phenoxy) is 1. The highest BCUT2D eigenvalue weighted by atomic mass is 35.5. The van der Waals surface area contributed by atoms with Gasteiger partial charge in [0.1, 0.15) is 16.7 Å². The molecule has 4 bridgehead atoms. The lowest BCUT2D eigenvalue weighted by Gasteiger charge is -2.25. The molecule has 2 aromatic rings. The Bertz CT molecular complexity index is 1140. The molecular formula is C23H19ClF3N3O2. The Morgan fingerprint density at radius 2 is 2.03 bits per heavy atom. The van der Waals surface area contributed by atoms with E-state index in [-0.39, 0.29) is 22.4 Å². The van der Waals surface area contributed by atoms with Crippen LogP contribution in [0.3, 0.4) is 0 Å². The molecule has 166 valence electrons. The SMILES string of the molecule is CC1\C=C(N[C@H]2Oc3cc(cc(C(F)(F)F)c3)C(=O)Nc3cccc2c3)/N=C(Cl)\C=C\C1. The standard InChI is InChI=1S/C23H19ClF3N3O2/c1-13-4-2-7-19(24)29-20(8-13)30-22-14-5-3-6-17(10-14)28-21(31)15-9-16(23(25,26)27)12-18(11-15)32-22/h2-3,5-13,22,30H,4H2,1H3,(H,28,31)/b7-2+,20-8+,29-19+/t13?,22-/m0/s1. The number of nitrogens with one attached hydrogen (secondary N) is 2. The highest BCUT2D eigenvalue weighted by Crippen LogP contribution is 2.35. The second-order valence-electron chi connectivity index (χ2n) is 7.57. The van der Waals surface area contributed by atoms with Crippen LogP contribution < -0.4 is 15.4 Å². The summed E-state index contributed by atoms with van der Waals surface area (Å²) in [7, 11) is 0. The van der Waals surface area contributed by atoms with Crippen LogP contribution in [-0.4, -0.2) is 11.1 Å². The maximum atomic E-state index is 13.4. The first kappa shape index (κ1) is 22.0. The first-order valence-corrected chi connectivity index (χ1v) is 10.2. The fourth-order valence-corrected chi connectivity index (χ4v) is 3.56. The van der Waals surface area contributed by atoms with Gasteiger partial charge in [0.15, 0.2) is 6.23 Å². The topological polar surface area (TPSA) is 62.7 Å². The molecule has 0 saturated carbocycles. The van der Waals surface area contributed by atoms with Crippen molar-refractivity contribution < 1.29 is 22.7 Å². The Kier molecular flexibility index (Phi) is 5.97. The van der Waals surface area contributed by atoms with Gasteiger partial charge in [-0.15, -0.1) is 0 Å². The summed E-state index contributed by atoms with van der Waals surface area (Å²) >= 11 is 6.14. The molecule has 2 heterocycles. The zero-order valence-corrected chi connectivity index (χ0v) is 17.7. The van der Waals surface area contributed by atoms with Crippen LogP contribution in [0.5, 0.6) is 5.75 Å². The molecule has 2 aromatic carbocycles. The van der Waals surface area contributed by atoms with E-state index < -0.39 is 23.9 Å². The Hall–Kier alpha value is -3.26. The number of hydrogen-bond donors (Lipinski definition) is 2. The van der Waals surface area contributed by atoms with Crippen LogP contribution in [0.2, 0.25) is 0 Å². The first-order chi connectivity index (χ1) is 15.2. The maximum Gasteiger partial charge on any atom is 0.416 e. The van der Waals surface area contributed by atoms with E-state index in [0.717, 1.165) is 18.6 Å². The van der Waals surface area contributed by atoms with Gasteiger partial charge in [-0.05, 0) is 54.8 Å². The predicted octanol–water partition coefficient (Wildman–Crippen LogP) is 6.01. The van der Waals surface area contributed by atoms with Crippen LogP contribution in [0, 0.1) is 5.92 Å². The van der Waals surface area contributed by atoms with Crippen molar-refractivity contribution in [2.45, 2.75) is 25.7 Å². The normalized spacial score (nSPS) is 25.0. The summed E-state index contributed by atoms with van der Waals surface area (Å²) in [6.07, 6.45) is 0.697. The van der Waals surface area contributed by atoms with E-state index in [4.69, 9.17) is 16.3 Å². The molecule has 2 aliphatic heterocycles. The van der Waals surface area contributed by atoms with Crippen molar-refractivity contribution in [1.82, 2.24) is 5.32 Å². The third-order valence-corrected chi connectivity index (χ3v) is 5.12. The van der Waals surface area contributed by atoms with Crippen LogP contribution >= 0.6 is 11.6 Å². The quantitative estimate of drug-likeness (QED) is 0.575. The van der Waals surface area contributed by atoms with Gasteiger partial charge in [0, 0.05) is 16.8 Å². The molecule has 2 N–H and O–H groups in total. The number of amides is 1. The Morgan fingerprint density at radius 3 is 2.81 bits per heavy atom. The van der Waals surface area contributed by atoms with Gasteiger partial charge < -0.3 is 15.4 Å². The molecule has 0 aromatic heterocycles. The van der Waals surface area contributed by atoms with Gasteiger partial charge in [-0.1, -0.05) is 36.7 Å². The lowest BCUT2D eigenvalue weighted by atomic mass is 10.1. The molecule has 0 fully saturated rings. The van der Waals surface area contributed by atoms with Crippen molar-refractivity contribution in [2.75, 3.05) is 5.32 Å². The fraction of sp³-hybridized carbons (Fsp3) is 0.217. The molecule has 0 aliphatic carbocycles. The van der Waals surface area contributed by atoms with Crippen molar-refractivity contribution in [3.63, 3.8) is 0 Å². The number of carbonyl (C=O) groups is 1. The summed E-state index contributed by atoms with van der Waals surface area (Å²) in [6.45, 7) is 2.00. The highest BCUT2D eigenvalue weighted by molar-refractivity contribution is 6.68. The molecule has 9 heteroatoms. The van der Waals surface area contributed by atoms with Gasteiger partial charge in [-0.25, -0.2) is 4.99 Å². The number of hydrogen-bond acceptors (Lipinski definition) is 4. The predicted molar refractivity (Wildman–Crippen MR) is 117 cm³/mol. The maximum absolute atomic E-state index is 13.4. The zero-order valence-electron chi connectivity index (χ0n) is 16.9. The van der Waals surface area contributed by atoms with Crippen molar-refractivity contribution >= 4 is 28.4 Å². The molecule has 2 aliphatic rings. The minimum absolute atomic E-state index is 0.107. The number of anilines is 1. The fourth-order valence-electron chi connectivity index (χ4n) is 3.38. The van der Waals surface area contributed by atoms with Gasteiger partial charge >= 0.3 is 6.18 Å². The van der Waals surface area contributed by atoms with E-state index >= 15 is 0 Å². The summed E-state index contributed by atoms with van der Waals surface area (Å²) in [4.78, 5) is 16.9. The number of alkyl halides is 3. The van der Waals surface area contributed by atoms with Crippen LogP contribution in [0.15, 0.2) is 71.5 Å². The van der Waals surface area contributed by atoms with Gasteiger partial charge in [0.25, 0.3) is 5.91 Å². The Labute approximate surface area is 187 Å². The highest BCUT2D eigenvalue weighted by Gasteiger charge is 2.33. The van der Waals surface area contributed by atoms with Gasteiger partial charge in [0.05, 0.1) is 5.56 Å². The molecule has 1 unspecified atom stereocenters. The van der Waals surface area contributed by atoms with Crippen LogP contribution in [0.4, 0.5) is 18.9 Å². The smallest absolute Gasteiger partial charge is 0.416 e. The van der Waals surface area contributed by atoms with Crippen LogP contribution in [-0.2, 0) is 6.18 Å². The number of benzene rings is 2. The van der Waals surface area contributed by atoms with Gasteiger partial charge in [-0.2, -0.15) is 13.2 Å². The number of carbonyl (C=O) groups excluding carboxylic acids is 1. The molecule has 2 atom stereocenters. The average Bonchev–Trinajstić information content (AvgIpc) is 2.70. The number of halogens is 4. The minimum Gasteiger partial charge on any atom is -0.466 e. The largest absolute Gasteiger partial charge is 0.466 e. The first-order valence-electron chi connectivity index (χ1n) is 9.87. The summed E-state index contributed by atoms with van der Waals surface area (Å²) in [5, 5.41) is 6.02. The molecule has 0 spiro atoms. The third-order valence-electron chi connectivity index (χ3n) is 4.91. The molecule has 4 rings (SSSR count). The Morgan fingerprint density at radius 1 is 1.22 bits per heavy atom. The van der Waals surface area contributed by atoms with Gasteiger partial charge in [-0.3, -0.25) is 4.79 Å². The number of fused-ring (bicyclic) bond motifs is 4. The van der Waals surface area contributed by atoms with E-state index in [1.54, 1.807) is 30.3 Å². The van der Waals surface area contributed by atoms with Crippen LogP contribution in [0.1, 0.15) is 41.1 Å². The molecule has 0 saturated heterocycles. The molecular weight excluding hydrogens is 443 g/mol. The second-order valence-corrected chi connectivity index (χ2v) is 7.95. The Balaban J connectivity index is 1.78. The summed E-state index contributed by atoms with van der Waals surface area (Å²) in [5.41, 5.74) is -0.131. The van der Waals surface area contributed by atoms with Crippen molar-refractivity contribution in [3.05, 3.63) is 83.2 Å². The minimum atomic E-state index is -4.64. The van der Waals surface area contributed by atoms with Gasteiger partial charge in [0.2, 0.25) is 0 Å². The lowest BCUT2D eigenvalue weighted by molar-refractivity contribution is -0.137. The molecule has 0 radical (unpaired) electrons. The van der Waals surface area contributed by atoms with Crippen molar-refractivity contribution in [1.29, 1.82) is 0 Å². The molecule has 5 nitrogen and oxygen atoms in total. The molecule has 32 heavy (non-hydrogen) atoms. The summed E-state index contributed by atoms with van der Waals surface area (Å²) in [6, 6.07) is 9.72. The number of rotatable bonds is 2. The van der Waals surface area contributed by atoms with Crippen molar-refractivity contribution in [3.8, 4) is 5.75 Å². The molecule has 1 amide bonds. The zero-order chi connectivity index (χ0) is 22.9. The van der Waals surface area contributed by atoms with Crippen LogP contribution in [0.25, 0.3) is 0 Å². The van der Waals surface area contributed by atoms with E-state index in [0.29, 0.717) is 17.1 Å². The number of aliphatic imine (C=N–C) groups is 1. The van der Waals surface area contributed by atoms with E-state index in [1.807, 2.05) is 19.1 Å². The summed E-state index contributed by atoms with van der Waals surface area (Å²) < 4.78 is 46.2. The lowest BCUT2D eigenvalue weighted by Crippen LogP contribution is -2.27. The summed E-state index contributed by atoms with van der Waals surface area (Å²) in [5.74, 6) is -0.198. The average molecular weight is 462 g/mol. The van der Waals surface area contributed by atoms with E-state index in [1.165, 1.54) is 6.07 Å². The number of allylic oxidation sites excluding steroid dienone is 3. The number of nitrogens with zero attached hydrogens (tertiary/aromatic N) is 1. The van der Waals surface area contributed by atoms with E-state index in [2.05, 4.69) is 15.6 Å². The monoisotopic (exact) mass is 461 g/mol. The van der Waals surface area contributed by atoms with E-state index in [9.17, 15) is 18.0 Å². The van der Waals surface area contributed by atoms with Crippen molar-refractivity contribution in [2.24, 2.45) is 10.9 Å². The second kappa shape index (κ2) is 8.70.